The van der Waals surface area contributed by atoms with E-state index in [1.54, 1.807) is 17.6 Å². The number of nitrogens with zero attached hydrogens (tertiary/aromatic N) is 2. The molecule has 0 aromatic carbocycles. The fourth-order valence-corrected chi connectivity index (χ4v) is 4.17. The van der Waals surface area contributed by atoms with Crippen molar-refractivity contribution in [1.29, 1.82) is 0 Å². The molecule has 0 unspecified atom stereocenters. The highest BCUT2D eigenvalue weighted by Gasteiger charge is 2.32. The molecule has 110 valence electrons. The number of piperidine rings is 1. The van der Waals surface area contributed by atoms with Crippen LogP contribution in [0.25, 0.3) is 10.6 Å². The smallest absolute Gasteiger partial charge is 0.255 e. The Balaban J connectivity index is 1.57. The van der Waals surface area contributed by atoms with Gasteiger partial charge in [-0.1, -0.05) is 0 Å². The van der Waals surface area contributed by atoms with Crippen molar-refractivity contribution in [3.63, 3.8) is 0 Å². The molecule has 3 fully saturated rings. The van der Waals surface area contributed by atoms with Crippen molar-refractivity contribution in [2.75, 3.05) is 26.2 Å². The third kappa shape index (κ3) is 2.40. The maximum absolute atomic E-state index is 12.8. The number of hydrogen-bond donors (Lipinski definition) is 0. The number of amides is 1. The van der Waals surface area contributed by atoms with Gasteiger partial charge in [-0.3, -0.25) is 4.79 Å². The van der Waals surface area contributed by atoms with Crippen LogP contribution in [0.4, 0.5) is 0 Å². The first-order chi connectivity index (χ1) is 10.3. The van der Waals surface area contributed by atoms with E-state index in [4.69, 9.17) is 4.42 Å². The zero-order chi connectivity index (χ0) is 14.2. The van der Waals surface area contributed by atoms with Crippen molar-refractivity contribution < 1.29 is 9.21 Å². The quantitative estimate of drug-likeness (QED) is 0.856. The van der Waals surface area contributed by atoms with Crippen LogP contribution in [0.5, 0.6) is 0 Å². The molecule has 5 rings (SSSR count). The van der Waals surface area contributed by atoms with Crippen LogP contribution in [0.2, 0.25) is 0 Å². The lowest BCUT2D eigenvalue weighted by Gasteiger charge is -2.31. The van der Waals surface area contributed by atoms with Gasteiger partial charge in [0.25, 0.3) is 5.91 Å². The molecule has 3 saturated heterocycles. The second kappa shape index (κ2) is 5.31. The molecule has 2 bridgehead atoms. The molecule has 4 nitrogen and oxygen atoms in total. The minimum atomic E-state index is 0.179. The molecule has 5 heteroatoms. The van der Waals surface area contributed by atoms with Gasteiger partial charge < -0.3 is 14.2 Å². The average molecular weight is 302 g/mol. The van der Waals surface area contributed by atoms with Crippen LogP contribution in [0.15, 0.2) is 34.3 Å². The summed E-state index contributed by atoms with van der Waals surface area (Å²) in [5.74, 6) is 1.01. The molecule has 5 heterocycles. The van der Waals surface area contributed by atoms with Crippen LogP contribution in [0.3, 0.4) is 0 Å². The molecule has 3 aliphatic rings. The predicted molar refractivity (Wildman–Crippen MR) is 82.5 cm³/mol. The first-order valence-corrected chi connectivity index (χ1v) is 8.35. The number of hydrogen-bond acceptors (Lipinski definition) is 4. The third-order valence-electron chi connectivity index (χ3n) is 4.53. The summed E-state index contributed by atoms with van der Waals surface area (Å²) < 4.78 is 5.41. The van der Waals surface area contributed by atoms with Gasteiger partial charge in [0.05, 0.1) is 16.7 Å². The van der Waals surface area contributed by atoms with Gasteiger partial charge in [0.2, 0.25) is 0 Å². The molecule has 0 radical (unpaired) electrons. The lowest BCUT2D eigenvalue weighted by atomic mass is 10.0. The van der Waals surface area contributed by atoms with Crippen LogP contribution in [-0.2, 0) is 0 Å². The van der Waals surface area contributed by atoms with E-state index in [2.05, 4.69) is 9.80 Å². The van der Waals surface area contributed by atoms with Crippen LogP contribution >= 0.6 is 11.3 Å². The van der Waals surface area contributed by atoms with Crippen LogP contribution < -0.4 is 0 Å². The van der Waals surface area contributed by atoms with E-state index in [-0.39, 0.29) is 5.91 Å². The average Bonchev–Trinajstić information content (AvgIpc) is 3.12. The highest BCUT2D eigenvalue weighted by Crippen LogP contribution is 2.29. The monoisotopic (exact) mass is 302 g/mol. The second-order valence-corrected chi connectivity index (χ2v) is 6.66. The summed E-state index contributed by atoms with van der Waals surface area (Å²) >= 11 is 1.57. The zero-order valence-electron chi connectivity index (χ0n) is 11.8. The Morgan fingerprint density at radius 1 is 1.24 bits per heavy atom. The van der Waals surface area contributed by atoms with Gasteiger partial charge in [-0.05, 0) is 31.0 Å². The van der Waals surface area contributed by atoms with Gasteiger partial charge in [0, 0.05) is 37.6 Å². The first kappa shape index (κ1) is 13.1. The van der Waals surface area contributed by atoms with Gasteiger partial charge in [-0.15, -0.1) is 11.3 Å². The molecule has 0 atom stereocenters. The maximum atomic E-state index is 12.8. The molecular weight excluding hydrogens is 284 g/mol. The highest BCUT2D eigenvalue weighted by atomic mass is 32.1. The van der Waals surface area contributed by atoms with Crippen molar-refractivity contribution in [3.05, 3.63) is 35.4 Å². The molecule has 0 saturated carbocycles. The summed E-state index contributed by atoms with van der Waals surface area (Å²) in [6, 6.07) is 6.19. The van der Waals surface area contributed by atoms with Crippen molar-refractivity contribution >= 4 is 17.2 Å². The van der Waals surface area contributed by atoms with Crippen molar-refractivity contribution in [1.82, 2.24) is 9.80 Å². The maximum Gasteiger partial charge on any atom is 0.255 e. The molecule has 21 heavy (non-hydrogen) atoms. The summed E-state index contributed by atoms with van der Waals surface area (Å²) in [6.45, 7) is 4.14. The molecule has 0 spiro atoms. The molecule has 3 aliphatic heterocycles. The Bertz CT molecular complexity index is 627. The topological polar surface area (TPSA) is 36.7 Å². The van der Waals surface area contributed by atoms with Crippen LogP contribution in [0, 0.1) is 0 Å². The minimum Gasteiger partial charge on any atom is -0.464 e. The lowest BCUT2D eigenvalue weighted by Crippen LogP contribution is -2.41. The van der Waals surface area contributed by atoms with E-state index in [0.717, 1.165) is 55.2 Å². The normalized spacial score (nSPS) is 25.0. The number of carbonyl (C=O) groups is 1. The predicted octanol–water partition coefficient (Wildman–Crippen LogP) is 2.93. The molecule has 1 amide bonds. The number of rotatable bonds is 2. The fraction of sp³-hybridized carbons (Fsp3) is 0.438. The van der Waals surface area contributed by atoms with Crippen molar-refractivity contribution in [2.24, 2.45) is 0 Å². The van der Waals surface area contributed by atoms with Gasteiger partial charge in [-0.2, -0.15) is 0 Å². The Morgan fingerprint density at radius 2 is 2.10 bits per heavy atom. The van der Waals surface area contributed by atoms with Gasteiger partial charge in [0.1, 0.15) is 5.76 Å². The Kier molecular flexibility index (Phi) is 3.31. The molecule has 0 aliphatic carbocycles. The number of fused-ring (bicyclic) bond motifs is 4. The standard InChI is InChI=1S/C16H18N2O2S/c19-16(18-8-7-17-5-3-13(18)4-6-17)12-10-15(21-11-12)14-2-1-9-20-14/h1-2,9-11,13H,3-8H2. The number of thiophene rings is 1. The van der Waals surface area contributed by atoms with Crippen molar-refractivity contribution in [2.45, 2.75) is 18.9 Å². The van der Waals surface area contributed by atoms with E-state index in [1.807, 2.05) is 23.6 Å². The van der Waals surface area contributed by atoms with Gasteiger partial charge in [-0.25, -0.2) is 0 Å². The summed E-state index contributed by atoms with van der Waals surface area (Å²) in [6.07, 6.45) is 3.89. The zero-order valence-corrected chi connectivity index (χ0v) is 12.6. The molecular formula is C16H18N2O2S. The summed E-state index contributed by atoms with van der Waals surface area (Å²) in [5.41, 5.74) is 0.798. The summed E-state index contributed by atoms with van der Waals surface area (Å²) in [4.78, 5) is 18.4. The minimum absolute atomic E-state index is 0.179. The van der Waals surface area contributed by atoms with Crippen molar-refractivity contribution in [3.8, 4) is 10.6 Å². The molecule has 0 N–H and O–H groups in total. The van der Waals surface area contributed by atoms with Crippen LogP contribution in [-0.4, -0.2) is 47.9 Å². The Morgan fingerprint density at radius 3 is 2.86 bits per heavy atom. The summed E-state index contributed by atoms with van der Waals surface area (Å²) in [5, 5.41) is 1.96. The number of carbonyl (C=O) groups excluding carboxylic acids is 1. The van der Waals surface area contributed by atoms with Crippen LogP contribution in [0.1, 0.15) is 23.2 Å². The highest BCUT2D eigenvalue weighted by molar-refractivity contribution is 7.13. The van der Waals surface area contributed by atoms with Gasteiger partial charge in [0.15, 0.2) is 0 Å². The van der Waals surface area contributed by atoms with Gasteiger partial charge >= 0.3 is 0 Å². The molecule has 2 aromatic heterocycles. The summed E-state index contributed by atoms with van der Waals surface area (Å²) in [7, 11) is 0. The first-order valence-electron chi connectivity index (χ1n) is 7.47. The van der Waals surface area contributed by atoms with E-state index >= 15 is 0 Å². The van der Waals surface area contributed by atoms with E-state index in [9.17, 15) is 4.79 Å². The SMILES string of the molecule is O=C(c1csc(-c2ccco2)c1)N1CCN2CCC1CC2. The lowest BCUT2D eigenvalue weighted by molar-refractivity contribution is 0.0685. The van der Waals surface area contributed by atoms with E-state index in [1.165, 1.54) is 0 Å². The van der Waals surface area contributed by atoms with E-state index < -0.39 is 0 Å². The second-order valence-electron chi connectivity index (χ2n) is 5.75. The Hall–Kier alpha value is -1.59. The molecule has 2 aromatic rings. The third-order valence-corrected chi connectivity index (χ3v) is 5.47. The Labute approximate surface area is 128 Å². The fourth-order valence-electron chi connectivity index (χ4n) is 3.32. The van der Waals surface area contributed by atoms with E-state index in [0.29, 0.717) is 6.04 Å². The largest absolute Gasteiger partial charge is 0.464 e. The number of furan rings is 1.